The van der Waals surface area contributed by atoms with Gasteiger partial charge in [-0.1, -0.05) is 340 Å². The van der Waals surface area contributed by atoms with Gasteiger partial charge in [0, 0.05) is 19.3 Å². The Morgan fingerprint density at radius 3 is 0.750 bits per heavy atom. The molecule has 6 nitrogen and oxygen atoms in total. The van der Waals surface area contributed by atoms with E-state index in [2.05, 4.69) is 45.1 Å². The lowest BCUT2D eigenvalue weighted by molar-refractivity contribution is -0.167. The molecule has 0 aliphatic heterocycles. The van der Waals surface area contributed by atoms with Crippen LogP contribution in [-0.4, -0.2) is 37.2 Å². The predicted octanol–water partition coefficient (Wildman–Crippen LogP) is 23.4. The number of unbranched alkanes of at least 4 members (excludes halogenated alkanes) is 49. The standard InChI is InChI=1S/C70H132O6/c1-4-7-10-13-16-19-22-25-28-31-32-33-34-35-36-37-38-40-42-45-48-51-54-57-60-63-69(72)75-66-67(65-74-68(71)62-59-56-53-50-47-44-41-30-27-24-21-18-15-12-9-6-3)76-70(73)64-61-58-55-52-49-46-43-39-29-26-23-20-17-14-11-8-5-2/h17,20,26,29,67H,4-16,18-19,21-25,27-28,30-66H2,1-3H3/b20-17-,29-26-. The summed E-state index contributed by atoms with van der Waals surface area (Å²) in [4.78, 5) is 38.4. The number of rotatable bonds is 64. The van der Waals surface area contributed by atoms with Crippen LogP contribution in [0.15, 0.2) is 24.3 Å². The Hall–Kier alpha value is -2.11. The molecule has 0 aliphatic rings. The van der Waals surface area contributed by atoms with Gasteiger partial charge in [0.15, 0.2) is 6.10 Å². The Labute approximate surface area is 474 Å². The van der Waals surface area contributed by atoms with Crippen LogP contribution in [0, 0.1) is 0 Å². The van der Waals surface area contributed by atoms with E-state index in [0.29, 0.717) is 19.3 Å². The third kappa shape index (κ3) is 62.7. The molecular formula is C70H132O6. The van der Waals surface area contributed by atoms with Gasteiger partial charge < -0.3 is 14.2 Å². The van der Waals surface area contributed by atoms with Crippen LogP contribution in [0.4, 0.5) is 0 Å². The molecule has 0 fully saturated rings. The van der Waals surface area contributed by atoms with Crippen molar-refractivity contribution in [2.45, 2.75) is 393 Å². The molecule has 0 radical (unpaired) electrons. The summed E-state index contributed by atoms with van der Waals surface area (Å²) in [5.41, 5.74) is 0. The molecule has 0 saturated carbocycles. The molecule has 0 saturated heterocycles. The van der Waals surface area contributed by atoms with E-state index in [9.17, 15) is 14.4 Å². The van der Waals surface area contributed by atoms with Crippen molar-refractivity contribution in [3.8, 4) is 0 Å². The van der Waals surface area contributed by atoms with Crippen LogP contribution in [0.5, 0.6) is 0 Å². The zero-order valence-corrected chi connectivity index (χ0v) is 51.6. The van der Waals surface area contributed by atoms with Crippen molar-refractivity contribution < 1.29 is 28.6 Å². The second kappa shape index (κ2) is 65.4. The van der Waals surface area contributed by atoms with Crippen LogP contribution >= 0.6 is 0 Å². The van der Waals surface area contributed by atoms with E-state index in [-0.39, 0.29) is 31.1 Å². The highest BCUT2D eigenvalue weighted by Gasteiger charge is 2.19. The summed E-state index contributed by atoms with van der Waals surface area (Å²) >= 11 is 0. The zero-order chi connectivity index (χ0) is 55.0. The Kier molecular flexibility index (Phi) is 63.6. The second-order valence-corrected chi connectivity index (χ2v) is 23.5. The highest BCUT2D eigenvalue weighted by Crippen LogP contribution is 2.19. The summed E-state index contributed by atoms with van der Waals surface area (Å²) in [6, 6.07) is 0. The topological polar surface area (TPSA) is 78.9 Å². The first-order valence-corrected chi connectivity index (χ1v) is 34.3. The quantitative estimate of drug-likeness (QED) is 0.0261. The smallest absolute Gasteiger partial charge is 0.306 e. The Balaban J connectivity index is 4.25. The van der Waals surface area contributed by atoms with Crippen molar-refractivity contribution in [1.29, 1.82) is 0 Å². The van der Waals surface area contributed by atoms with E-state index >= 15 is 0 Å². The lowest BCUT2D eigenvalue weighted by Gasteiger charge is -2.18. The van der Waals surface area contributed by atoms with E-state index in [1.165, 1.54) is 276 Å². The molecule has 0 bridgehead atoms. The predicted molar refractivity (Wildman–Crippen MR) is 330 cm³/mol. The highest BCUT2D eigenvalue weighted by atomic mass is 16.6. The number of carbonyl (C=O) groups is 3. The molecule has 0 aromatic carbocycles. The van der Waals surface area contributed by atoms with Crippen LogP contribution in [0.2, 0.25) is 0 Å². The van der Waals surface area contributed by atoms with Gasteiger partial charge in [-0.3, -0.25) is 14.4 Å². The van der Waals surface area contributed by atoms with Gasteiger partial charge in [0.25, 0.3) is 0 Å². The number of hydrogen-bond acceptors (Lipinski definition) is 6. The first-order chi connectivity index (χ1) is 37.5. The molecule has 0 amide bonds. The van der Waals surface area contributed by atoms with E-state index in [0.717, 1.165) is 70.6 Å². The summed E-state index contributed by atoms with van der Waals surface area (Å²) in [6.45, 7) is 6.69. The van der Waals surface area contributed by atoms with Gasteiger partial charge in [-0.25, -0.2) is 0 Å². The molecule has 0 heterocycles. The minimum absolute atomic E-state index is 0.0682. The largest absolute Gasteiger partial charge is 0.462 e. The van der Waals surface area contributed by atoms with E-state index in [1.807, 2.05) is 0 Å². The van der Waals surface area contributed by atoms with Gasteiger partial charge in [0.1, 0.15) is 13.2 Å². The summed E-state index contributed by atoms with van der Waals surface area (Å²) in [5, 5.41) is 0. The van der Waals surface area contributed by atoms with Crippen molar-refractivity contribution in [2.75, 3.05) is 13.2 Å². The van der Waals surface area contributed by atoms with Crippen LogP contribution in [0.3, 0.4) is 0 Å². The van der Waals surface area contributed by atoms with E-state index in [1.54, 1.807) is 0 Å². The first-order valence-electron chi connectivity index (χ1n) is 34.3. The Morgan fingerprint density at radius 1 is 0.263 bits per heavy atom. The number of ether oxygens (including phenoxy) is 3. The Morgan fingerprint density at radius 2 is 0.474 bits per heavy atom. The van der Waals surface area contributed by atoms with Crippen LogP contribution in [0.25, 0.3) is 0 Å². The Bertz CT molecular complexity index is 1230. The second-order valence-electron chi connectivity index (χ2n) is 23.5. The van der Waals surface area contributed by atoms with Crippen molar-refractivity contribution in [2.24, 2.45) is 0 Å². The molecule has 0 rings (SSSR count). The van der Waals surface area contributed by atoms with Crippen LogP contribution in [0.1, 0.15) is 387 Å². The molecule has 0 aliphatic carbocycles. The maximum atomic E-state index is 12.9. The van der Waals surface area contributed by atoms with Crippen molar-refractivity contribution in [3.63, 3.8) is 0 Å². The molecule has 1 unspecified atom stereocenters. The molecule has 448 valence electrons. The molecule has 0 aromatic rings. The SMILES string of the molecule is CCCCC/C=C\C/C=C\CCCCCCCCCC(=O)OC(COC(=O)CCCCCCCCCCCCCCCCCC)COC(=O)CCCCCCCCCCCCCCCCCCCCCCCCCCC. The molecule has 0 spiro atoms. The average molecular weight is 1070 g/mol. The zero-order valence-electron chi connectivity index (χ0n) is 51.6. The molecule has 76 heavy (non-hydrogen) atoms. The van der Waals surface area contributed by atoms with Crippen LogP contribution < -0.4 is 0 Å². The minimum atomic E-state index is -0.772. The minimum Gasteiger partial charge on any atom is -0.462 e. The highest BCUT2D eigenvalue weighted by molar-refractivity contribution is 5.71. The molecule has 1 atom stereocenters. The van der Waals surface area contributed by atoms with Crippen molar-refractivity contribution >= 4 is 17.9 Å². The summed E-state index contributed by atoms with van der Waals surface area (Å²) in [6.07, 6.45) is 79.1. The maximum Gasteiger partial charge on any atom is 0.306 e. The number of allylic oxidation sites excluding steroid dienone is 4. The van der Waals surface area contributed by atoms with Gasteiger partial charge in [-0.05, 0) is 51.4 Å². The molecule has 0 aromatic heterocycles. The third-order valence-corrected chi connectivity index (χ3v) is 15.7. The van der Waals surface area contributed by atoms with E-state index < -0.39 is 6.10 Å². The van der Waals surface area contributed by atoms with Gasteiger partial charge in [-0.2, -0.15) is 0 Å². The maximum absolute atomic E-state index is 12.9. The summed E-state index contributed by atoms with van der Waals surface area (Å²) in [7, 11) is 0. The molecule has 6 heteroatoms. The van der Waals surface area contributed by atoms with Gasteiger partial charge in [-0.15, -0.1) is 0 Å². The fraction of sp³-hybridized carbons (Fsp3) is 0.900. The summed E-state index contributed by atoms with van der Waals surface area (Å²) < 4.78 is 17.0. The molecule has 0 N–H and O–H groups in total. The van der Waals surface area contributed by atoms with Crippen LogP contribution in [-0.2, 0) is 28.6 Å². The fourth-order valence-electron chi connectivity index (χ4n) is 10.5. The number of hydrogen-bond donors (Lipinski definition) is 0. The normalized spacial score (nSPS) is 12.1. The van der Waals surface area contributed by atoms with Gasteiger partial charge in [0.05, 0.1) is 0 Å². The van der Waals surface area contributed by atoms with Gasteiger partial charge in [0.2, 0.25) is 0 Å². The number of esters is 3. The summed E-state index contributed by atoms with van der Waals surface area (Å²) in [5.74, 6) is -0.844. The van der Waals surface area contributed by atoms with Crippen molar-refractivity contribution in [1.82, 2.24) is 0 Å². The average Bonchev–Trinajstić information content (AvgIpc) is 3.42. The fourth-order valence-corrected chi connectivity index (χ4v) is 10.5. The number of carbonyl (C=O) groups excluding carboxylic acids is 3. The van der Waals surface area contributed by atoms with Crippen molar-refractivity contribution in [3.05, 3.63) is 24.3 Å². The van der Waals surface area contributed by atoms with E-state index in [4.69, 9.17) is 14.2 Å². The lowest BCUT2D eigenvalue weighted by atomic mass is 10.0. The monoisotopic (exact) mass is 1070 g/mol. The molecular weight excluding hydrogens is 937 g/mol. The third-order valence-electron chi connectivity index (χ3n) is 15.7. The van der Waals surface area contributed by atoms with Gasteiger partial charge >= 0.3 is 17.9 Å². The lowest BCUT2D eigenvalue weighted by Crippen LogP contribution is -2.30. The first kappa shape index (κ1) is 73.9.